The van der Waals surface area contributed by atoms with E-state index in [-0.39, 0.29) is 11.8 Å². The molecule has 0 radical (unpaired) electrons. The van der Waals surface area contributed by atoms with Gasteiger partial charge in [0.15, 0.2) is 0 Å². The minimum Gasteiger partial charge on any atom is -0.343 e. The third-order valence-electron chi connectivity index (χ3n) is 2.96. The molecule has 2 atom stereocenters. The first kappa shape index (κ1) is 10.5. The quantitative estimate of drug-likeness (QED) is 0.690. The maximum absolute atomic E-state index is 11.9. The zero-order chi connectivity index (χ0) is 10.0. The molecule has 76 valence electrons. The maximum Gasteiger partial charge on any atom is 0.227 e. The zero-order valence-corrected chi connectivity index (χ0v) is 9.00. The molecule has 0 aromatic rings. The summed E-state index contributed by atoms with van der Waals surface area (Å²) in [7, 11) is 1.89. The SMILES string of the molecule is CC1NCCC1C(=O)N(C)C(C)C. The largest absolute Gasteiger partial charge is 0.343 e. The highest BCUT2D eigenvalue weighted by Crippen LogP contribution is 2.18. The smallest absolute Gasteiger partial charge is 0.227 e. The van der Waals surface area contributed by atoms with Gasteiger partial charge in [-0.1, -0.05) is 0 Å². The van der Waals surface area contributed by atoms with Gasteiger partial charge in [0.05, 0.1) is 5.92 Å². The van der Waals surface area contributed by atoms with Crippen molar-refractivity contribution in [1.29, 1.82) is 0 Å². The van der Waals surface area contributed by atoms with Crippen molar-refractivity contribution in [2.75, 3.05) is 13.6 Å². The Hall–Kier alpha value is -0.570. The summed E-state index contributed by atoms with van der Waals surface area (Å²) >= 11 is 0. The Morgan fingerprint density at radius 2 is 2.15 bits per heavy atom. The first-order valence-electron chi connectivity index (χ1n) is 5.04. The Morgan fingerprint density at radius 3 is 2.54 bits per heavy atom. The molecule has 1 amide bonds. The molecule has 0 saturated carbocycles. The standard InChI is InChI=1S/C10H20N2O/c1-7(2)12(4)10(13)9-5-6-11-8(9)3/h7-9,11H,5-6H2,1-4H3. The molecule has 1 saturated heterocycles. The number of nitrogens with zero attached hydrogens (tertiary/aromatic N) is 1. The first-order valence-corrected chi connectivity index (χ1v) is 5.04. The average Bonchev–Trinajstić information content (AvgIpc) is 2.48. The number of carbonyl (C=O) groups excluding carboxylic acids is 1. The molecule has 1 N–H and O–H groups in total. The molecule has 3 nitrogen and oxygen atoms in total. The fourth-order valence-electron chi connectivity index (χ4n) is 1.71. The molecule has 1 aliphatic heterocycles. The summed E-state index contributed by atoms with van der Waals surface area (Å²) in [5, 5.41) is 3.30. The van der Waals surface area contributed by atoms with Crippen LogP contribution in [0.1, 0.15) is 27.2 Å². The maximum atomic E-state index is 11.9. The van der Waals surface area contributed by atoms with Crippen molar-refractivity contribution < 1.29 is 4.79 Å². The van der Waals surface area contributed by atoms with Gasteiger partial charge in [-0.3, -0.25) is 4.79 Å². The topological polar surface area (TPSA) is 32.3 Å². The normalized spacial score (nSPS) is 28.1. The van der Waals surface area contributed by atoms with Crippen LogP contribution < -0.4 is 5.32 Å². The molecule has 0 aliphatic carbocycles. The number of hydrogen-bond donors (Lipinski definition) is 1. The van der Waals surface area contributed by atoms with E-state index in [1.807, 2.05) is 25.8 Å². The van der Waals surface area contributed by atoms with Crippen LogP contribution in [0.5, 0.6) is 0 Å². The Kier molecular flexibility index (Phi) is 3.31. The van der Waals surface area contributed by atoms with Crippen LogP contribution >= 0.6 is 0 Å². The summed E-state index contributed by atoms with van der Waals surface area (Å²) in [6.07, 6.45) is 0.983. The van der Waals surface area contributed by atoms with Gasteiger partial charge in [-0.2, -0.15) is 0 Å². The molecule has 13 heavy (non-hydrogen) atoms. The van der Waals surface area contributed by atoms with Gasteiger partial charge in [-0.05, 0) is 33.7 Å². The van der Waals surface area contributed by atoms with Crippen molar-refractivity contribution in [2.24, 2.45) is 5.92 Å². The summed E-state index contributed by atoms with van der Waals surface area (Å²) in [6.45, 7) is 7.16. The molecule has 1 fully saturated rings. The monoisotopic (exact) mass is 184 g/mol. The minimum atomic E-state index is 0.187. The molecule has 0 aromatic heterocycles. The zero-order valence-electron chi connectivity index (χ0n) is 9.00. The lowest BCUT2D eigenvalue weighted by molar-refractivity contribution is -0.135. The van der Waals surface area contributed by atoms with Crippen LogP contribution in [0.2, 0.25) is 0 Å². The van der Waals surface area contributed by atoms with E-state index in [9.17, 15) is 4.79 Å². The third-order valence-corrected chi connectivity index (χ3v) is 2.96. The summed E-state index contributed by atoms with van der Waals surface area (Å²) < 4.78 is 0. The summed E-state index contributed by atoms with van der Waals surface area (Å²) in [5.41, 5.74) is 0. The Morgan fingerprint density at radius 1 is 1.54 bits per heavy atom. The van der Waals surface area contributed by atoms with Crippen molar-refractivity contribution in [3.05, 3.63) is 0 Å². The van der Waals surface area contributed by atoms with E-state index in [2.05, 4.69) is 12.2 Å². The number of amides is 1. The number of hydrogen-bond acceptors (Lipinski definition) is 2. The van der Waals surface area contributed by atoms with Crippen LogP contribution in [0.25, 0.3) is 0 Å². The van der Waals surface area contributed by atoms with Gasteiger partial charge in [-0.25, -0.2) is 0 Å². The van der Waals surface area contributed by atoms with E-state index < -0.39 is 0 Å². The van der Waals surface area contributed by atoms with Gasteiger partial charge in [0.1, 0.15) is 0 Å². The van der Waals surface area contributed by atoms with E-state index in [0.717, 1.165) is 13.0 Å². The van der Waals surface area contributed by atoms with Crippen molar-refractivity contribution in [1.82, 2.24) is 10.2 Å². The van der Waals surface area contributed by atoms with E-state index >= 15 is 0 Å². The molecule has 0 aromatic carbocycles. The minimum absolute atomic E-state index is 0.187. The molecule has 1 heterocycles. The predicted octanol–water partition coefficient (Wildman–Crippen LogP) is 0.851. The van der Waals surface area contributed by atoms with E-state index in [1.54, 1.807) is 0 Å². The van der Waals surface area contributed by atoms with Crippen molar-refractivity contribution >= 4 is 5.91 Å². The van der Waals surface area contributed by atoms with Crippen molar-refractivity contribution in [2.45, 2.75) is 39.3 Å². The molecular weight excluding hydrogens is 164 g/mol. The van der Waals surface area contributed by atoms with Gasteiger partial charge in [0, 0.05) is 19.1 Å². The Bertz CT molecular complexity index is 191. The second kappa shape index (κ2) is 4.09. The predicted molar refractivity (Wildman–Crippen MR) is 53.5 cm³/mol. The van der Waals surface area contributed by atoms with E-state index in [4.69, 9.17) is 0 Å². The fraction of sp³-hybridized carbons (Fsp3) is 0.900. The lowest BCUT2D eigenvalue weighted by atomic mass is 10.00. The molecule has 3 heteroatoms. The Balaban J connectivity index is 2.56. The van der Waals surface area contributed by atoms with Crippen LogP contribution in [0, 0.1) is 5.92 Å². The first-order chi connectivity index (χ1) is 6.04. The molecular formula is C10H20N2O. The second-order valence-electron chi connectivity index (χ2n) is 4.18. The van der Waals surface area contributed by atoms with Gasteiger partial charge >= 0.3 is 0 Å². The van der Waals surface area contributed by atoms with Gasteiger partial charge in [0.2, 0.25) is 5.91 Å². The second-order valence-corrected chi connectivity index (χ2v) is 4.18. The van der Waals surface area contributed by atoms with Crippen LogP contribution in [0.4, 0.5) is 0 Å². The summed E-state index contributed by atoms with van der Waals surface area (Å²) in [5.74, 6) is 0.472. The molecule has 2 unspecified atom stereocenters. The number of carbonyl (C=O) groups is 1. The number of nitrogens with one attached hydrogen (secondary N) is 1. The van der Waals surface area contributed by atoms with Gasteiger partial charge in [0.25, 0.3) is 0 Å². The number of rotatable bonds is 2. The van der Waals surface area contributed by atoms with Crippen LogP contribution in [0.15, 0.2) is 0 Å². The van der Waals surface area contributed by atoms with Crippen molar-refractivity contribution in [3.8, 4) is 0 Å². The molecule has 0 spiro atoms. The molecule has 0 bridgehead atoms. The van der Waals surface area contributed by atoms with E-state index in [1.165, 1.54) is 0 Å². The molecule has 1 aliphatic rings. The van der Waals surface area contributed by atoms with Crippen LogP contribution in [-0.4, -0.2) is 36.5 Å². The Labute approximate surface area is 80.5 Å². The highest BCUT2D eigenvalue weighted by atomic mass is 16.2. The fourth-order valence-corrected chi connectivity index (χ4v) is 1.71. The van der Waals surface area contributed by atoms with Crippen LogP contribution in [0.3, 0.4) is 0 Å². The highest BCUT2D eigenvalue weighted by Gasteiger charge is 2.31. The third kappa shape index (κ3) is 2.21. The lowest BCUT2D eigenvalue weighted by Crippen LogP contribution is -2.41. The van der Waals surface area contributed by atoms with Crippen LogP contribution in [-0.2, 0) is 4.79 Å². The summed E-state index contributed by atoms with van der Waals surface area (Å²) in [6, 6.07) is 0.647. The average molecular weight is 184 g/mol. The highest BCUT2D eigenvalue weighted by molar-refractivity contribution is 5.79. The van der Waals surface area contributed by atoms with Crippen molar-refractivity contribution in [3.63, 3.8) is 0 Å². The van der Waals surface area contributed by atoms with Gasteiger partial charge in [-0.15, -0.1) is 0 Å². The molecule has 1 rings (SSSR count). The van der Waals surface area contributed by atoms with E-state index in [0.29, 0.717) is 12.1 Å². The van der Waals surface area contributed by atoms with Gasteiger partial charge < -0.3 is 10.2 Å². The lowest BCUT2D eigenvalue weighted by Gasteiger charge is -2.26. The summed E-state index contributed by atoms with van der Waals surface area (Å²) in [4.78, 5) is 13.7.